The molecule has 0 aliphatic heterocycles. The van der Waals surface area contributed by atoms with E-state index < -0.39 is 0 Å². The highest BCUT2D eigenvalue weighted by Gasteiger charge is 2.29. The van der Waals surface area contributed by atoms with E-state index in [0.717, 1.165) is 38.5 Å². The minimum Gasteiger partial charge on any atom is -0.428 e. The van der Waals surface area contributed by atoms with E-state index in [1.807, 2.05) is 0 Å². The number of rotatable bonds is 4. The van der Waals surface area contributed by atoms with Crippen molar-refractivity contribution in [3.05, 3.63) is 0 Å². The van der Waals surface area contributed by atoms with Crippen LogP contribution in [0, 0.1) is 11.8 Å². The lowest BCUT2D eigenvalue weighted by atomic mass is 9.86. The van der Waals surface area contributed by atoms with Gasteiger partial charge < -0.3 is 9.47 Å². The standard InChI is InChI=1S/C11H16O4/c12-10(8-3-1-4-8)14-7-15-11(13)9-5-2-6-9/h8-9H,1-7H2. The highest BCUT2D eigenvalue weighted by Crippen LogP contribution is 2.28. The molecular formula is C11H16O4. The van der Waals surface area contributed by atoms with Gasteiger partial charge in [0.05, 0.1) is 11.8 Å². The predicted molar refractivity (Wildman–Crippen MR) is 51.7 cm³/mol. The van der Waals surface area contributed by atoms with Gasteiger partial charge in [0.25, 0.3) is 0 Å². The van der Waals surface area contributed by atoms with Crippen LogP contribution in [0.1, 0.15) is 38.5 Å². The van der Waals surface area contributed by atoms with Crippen molar-refractivity contribution in [2.24, 2.45) is 11.8 Å². The van der Waals surface area contributed by atoms with Crippen LogP contribution in [0.15, 0.2) is 0 Å². The smallest absolute Gasteiger partial charge is 0.311 e. The molecule has 0 amide bonds. The largest absolute Gasteiger partial charge is 0.428 e. The molecule has 0 heterocycles. The van der Waals surface area contributed by atoms with Crippen LogP contribution in [0.2, 0.25) is 0 Å². The topological polar surface area (TPSA) is 52.6 Å². The second-order valence-electron chi connectivity index (χ2n) is 4.30. The number of carbonyl (C=O) groups excluding carboxylic acids is 2. The highest BCUT2D eigenvalue weighted by atomic mass is 16.7. The summed E-state index contributed by atoms with van der Waals surface area (Å²) in [4.78, 5) is 22.5. The average Bonchev–Trinajstić information content (AvgIpc) is 1.96. The maximum Gasteiger partial charge on any atom is 0.311 e. The van der Waals surface area contributed by atoms with E-state index >= 15 is 0 Å². The van der Waals surface area contributed by atoms with Crippen LogP contribution in [0.3, 0.4) is 0 Å². The molecule has 0 atom stereocenters. The molecule has 0 aromatic heterocycles. The lowest BCUT2D eigenvalue weighted by molar-refractivity contribution is -0.175. The van der Waals surface area contributed by atoms with Gasteiger partial charge in [0.2, 0.25) is 6.79 Å². The molecule has 0 saturated heterocycles. The van der Waals surface area contributed by atoms with Gasteiger partial charge in [-0.2, -0.15) is 0 Å². The van der Waals surface area contributed by atoms with Crippen molar-refractivity contribution in [2.45, 2.75) is 38.5 Å². The second kappa shape index (κ2) is 4.64. The van der Waals surface area contributed by atoms with E-state index in [4.69, 9.17) is 9.47 Å². The van der Waals surface area contributed by atoms with Gasteiger partial charge in [-0.15, -0.1) is 0 Å². The summed E-state index contributed by atoms with van der Waals surface area (Å²) in [5, 5.41) is 0. The first kappa shape index (κ1) is 10.5. The summed E-state index contributed by atoms with van der Waals surface area (Å²) >= 11 is 0. The lowest BCUT2D eigenvalue weighted by Crippen LogP contribution is -2.28. The molecule has 84 valence electrons. The molecule has 0 aromatic rings. The van der Waals surface area contributed by atoms with Crippen LogP contribution in [-0.2, 0) is 19.1 Å². The van der Waals surface area contributed by atoms with Crippen LogP contribution < -0.4 is 0 Å². The summed E-state index contributed by atoms with van der Waals surface area (Å²) in [6, 6.07) is 0. The fourth-order valence-corrected chi connectivity index (χ4v) is 1.67. The molecule has 0 radical (unpaired) electrons. The van der Waals surface area contributed by atoms with Gasteiger partial charge in [-0.3, -0.25) is 9.59 Å². The van der Waals surface area contributed by atoms with Crippen molar-refractivity contribution in [3.8, 4) is 0 Å². The third kappa shape index (κ3) is 2.49. The zero-order chi connectivity index (χ0) is 10.7. The maximum atomic E-state index is 11.2. The molecule has 2 aliphatic rings. The van der Waals surface area contributed by atoms with Crippen molar-refractivity contribution in [1.82, 2.24) is 0 Å². The van der Waals surface area contributed by atoms with Crippen LogP contribution in [-0.4, -0.2) is 18.7 Å². The Labute approximate surface area is 88.9 Å². The minimum absolute atomic E-state index is 0.0485. The van der Waals surface area contributed by atoms with E-state index in [1.54, 1.807) is 0 Å². The number of carbonyl (C=O) groups is 2. The summed E-state index contributed by atoms with van der Waals surface area (Å²) < 4.78 is 9.71. The molecule has 4 nitrogen and oxygen atoms in total. The van der Waals surface area contributed by atoms with E-state index in [9.17, 15) is 9.59 Å². The number of hydrogen-bond donors (Lipinski definition) is 0. The third-order valence-corrected chi connectivity index (χ3v) is 3.28. The summed E-state index contributed by atoms with van der Waals surface area (Å²) in [6.07, 6.45) is 5.85. The Balaban J connectivity index is 1.57. The Morgan fingerprint density at radius 1 is 0.867 bits per heavy atom. The molecule has 15 heavy (non-hydrogen) atoms. The van der Waals surface area contributed by atoms with E-state index in [2.05, 4.69) is 0 Å². The van der Waals surface area contributed by atoms with Crippen LogP contribution in [0.5, 0.6) is 0 Å². The summed E-state index contributed by atoms with van der Waals surface area (Å²) in [6.45, 7) is -0.204. The molecule has 0 aromatic carbocycles. The fraction of sp³-hybridized carbons (Fsp3) is 0.818. The Morgan fingerprint density at radius 2 is 1.27 bits per heavy atom. The summed E-state index contributed by atoms with van der Waals surface area (Å²) in [5.41, 5.74) is 0. The monoisotopic (exact) mass is 212 g/mol. The molecule has 0 bridgehead atoms. The third-order valence-electron chi connectivity index (χ3n) is 3.28. The Hall–Kier alpha value is -1.06. The second-order valence-corrected chi connectivity index (χ2v) is 4.30. The van der Waals surface area contributed by atoms with E-state index in [1.165, 1.54) is 0 Å². The zero-order valence-corrected chi connectivity index (χ0v) is 8.74. The molecule has 2 fully saturated rings. The first-order chi connectivity index (χ1) is 7.27. The average molecular weight is 212 g/mol. The van der Waals surface area contributed by atoms with Gasteiger partial charge >= 0.3 is 11.9 Å². The number of esters is 2. The molecule has 0 spiro atoms. The zero-order valence-electron chi connectivity index (χ0n) is 8.74. The lowest BCUT2D eigenvalue weighted by Gasteiger charge is -2.24. The van der Waals surface area contributed by atoms with Gasteiger partial charge in [0, 0.05) is 0 Å². The van der Waals surface area contributed by atoms with E-state index in [0.29, 0.717) is 0 Å². The fourth-order valence-electron chi connectivity index (χ4n) is 1.67. The molecular weight excluding hydrogens is 196 g/mol. The molecule has 2 rings (SSSR count). The highest BCUT2D eigenvalue weighted by molar-refractivity contribution is 5.74. The van der Waals surface area contributed by atoms with Crippen molar-refractivity contribution >= 4 is 11.9 Å². The summed E-state index contributed by atoms with van der Waals surface area (Å²) in [5.74, 6) is -0.342. The SMILES string of the molecule is O=C(OCOC(=O)C1CCC1)C1CCC1. The minimum atomic E-state index is -0.220. The Morgan fingerprint density at radius 3 is 1.53 bits per heavy atom. The Bertz CT molecular complexity index is 227. The maximum absolute atomic E-state index is 11.2. The quantitative estimate of drug-likeness (QED) is 0.525. The van der Waals surface area contributed by atoms with Gasteiger partial charge in [-0.1, -0.05) is 12.8 Å². The molecule has 2 saturated carbocycles. The van der Waals surface area contributed by atoms with E-state index in [-0.39, 0.29) is 30.6 Å². The molecule has 0 N–H and O–H groups in total. The van der Waals surface area contributed by atoms with Gasteiger partial charge in [0.15, 0.2) is 0 Å². The van der Waals surface area contributed by atoms with Crippen LogP contribution in [0.25, 0.3) is 0 Å². The normalized spacial score (nSPS) is 21.3. The van der Waals surface area contributed by atoms with Crippen molar-refractivity contribution < 1.29 is 19.1 Å². The first-order valence-corrected chi connectivity index (χ1v) is 5.60. The number of hydrogen-bond acceptors (Lipinski definition) is 4. The van der Waals surface area contributed by atoms with Crippen molar-refractivity contribution in [1.29, 1.82) is 0 Å². The van der Waals surface area contributed by atoms with Gasteiger partial charge in [-0.25, -0.2) is 0 Å². The molecule has 4 heteroatoms. The van der Waals surface area contributed by atoms with Crippen molar-refractivity contribution in [3.63, 3.8) is 0 Å². The molecule has 2 aliphatic carbocycles. The van der Waals surface area contributed by atoms with Crippen LogP contribution in [0.4, 0.5) is 0 Å². The van der Waals surface area contributed by atoms with Crippen LogP contribution >= 0.6 is 0 Å². The summed E-state index contributed by atoms with van der Waals surface area (Å²) in [7, 11) is 0. The van der Waals surface area contributed by atoms with Crippen molar-refractivity contribution in [2.75, 3.05) is 6.79 Å². The van der Waals surface area contributed by atoms with Gasteiger partial charge in [0.1, 0.15) is 0 Å². The first-order valence-electron chi connectivity index (χ1n) is 5.60. The number of ether oxygens (including phenoxy) is 2. The molecule has 0 unspecified atom stereocenters. The van der Waals surface area contributed by atoms with Gasteiger partial charge in [-0.05, 0) is 25.7 Å². The Kier molecular flexibility index (Phi) is 3.23. The predicted octanol–water partition coefficient (Wildman–Crippen LogP) is 1.63.